The molecule has 1 N–H and O–H groups in total. The zero-order valence-electron chi connectivity index (χ0n) is 17.0. The van der Waals surface area contributed by atoms with E-state index in [-0.39, 0.29) is 11.9 Å². The predicted molar refractivity (Wildman–Crippen MR) is 119 cm³/mol. The molecule has 0 bridgehead atoms. The van der Waals surface area contributed by atoms with Crippen molar-refractivity contribution in [2.45, 2.75) is 24.9 Å². The van der Waals surface area contributed by atoms with E-state index in [2.05, 4.69) is 0 Å². The minimum atomic E-state index is -1.01. The van der Waals surface area contributed by atoms with Crippen LogP contribution in [0.3, 0.4) is 0 Å². The van der Waals surface area contributed by atoms with Crippen molar-refractivity contribution < 1.29 is 19.4 Å². The average Bonchev–Trinajstić information content (AvgIpc) is 3.24. The summed E-state index contributed by atoms with van der Waals surface area (Å²) >= 11 is 6.37. The van der Waals surface area contributed by atoms with Crippen LogP contribution in [0.25, 0.3) is 11.1 Å². The fraction of sp³-hybridized carbons (Fsp3) is 0.200. The number of rotatable bonds is 5. The normalized spacial score (nSPS) is 18.1. The zero-order chi connectivity index (χ0) is 22.0. The van der Waals surface area contributed by atoms with Crippen molar-refractivity contribution in [3.8, 4) is 16.9 Å². The Kier molecular flexibility index (Phi) is 5.96. The first-order valence-corrected chi connectivity index (χ1v) is 10.4. The highest BCUT2D eigenvalue weighted by Gasteiger charge is 2.42. The molecule has 4 rings (SSSR count). The number of amides is 1. The fourth-order valence-corrected chi connectivity index (χ4v) is 4.47. The molecule has 1 aliphatic heterocycles. The summed E-state index contributed by atoms with van der Waals surface area (Å²) in [5.41, 5.74) is 3.03. The number of aliphatic carboxylic acids is 1. The first-order valence-electron chi connectivity index (χ1n) is 10.0. The molecule has 3 aromatic carbocycles. The molecule has 6 heteroatoms. The van der Waals surface area contributed by atoms with E-state index in [1.165, 1.54) is 4.90 Å². The molecule has 31 heavy (non-hydrogen) atoms. The van der Waals surface area contributed by atoms with Crippen LogP contribution in [-0.4, -0.2) is 35.0 Å². The van der Waals surface area contributed by atoms with Gasteiger partial charge < -0.3 is 14.7 Å². The molecule has 0 radical (unpaired) electrons. The molecule has 1 aliphatic rings. The van der Waals surface area contributed by atoms with E-state index < -0.39 is 12.0 Å². The van der Waals surface area contributed by atoms with Crippen LogP contribution >= 0.6 is 11.6 Å². The number of para-hydroxylation sites is 1. The van der Waals surface area contributed by atoms with Crippen molar-refractivity contribution in [1.82, 2.24) is 4.90 Å². The molecule has 5 nitrogen and oxygen atoms in total. The molecule has 158 valence electrons. The summed E-state index contributed by atoms with van der Waals surface area (Å²) in [7, 11) is 1.62. The van der Waals surface area contributed by atoms with Gasteiger partial charge in [0, 0.05) is 16.1 Å². The van der Waals surface area contributed by atoms with Crippen molar-refractivity contribution in [2.75, 3.05) is 7.11 Å². The zero-order valence-corrected chi connectivity index (χ0v) is 17.8. The number of carboxylic acids is 1. The van der Waals surface area contributed by atoms with E-state index in [0.29, 0.717) is 23.4 Å². The van der Waals surface area contributed by atoms with Gasteiger partial charge >= 0.3 is 5.97 Å². The molecule has 0 saturated carbocycles. The number of hydrogen-bond donors (Lipinski definition) is 1. The van der Waals surface area contributed by atoms with E-state index in [1.54, 1.807) is 25.3 Å². The van der Waals surface area contributed by atoms with Crippen molar-refractivity contribution in [3.63, 3.8) is 0 Å². The molecule has 0 aliphatic carbocycles. The summed E-state index contributed by atoms with van der Waals surface area (Å²) in [4.78, 5) is 26.8. The highest BCUT2D eigenvalue weighted by atomic mass is 35.5. The number of methoxy groups -OCH3 is 1. The van der Waals surface area contributed by atoms with Crippen LogP contribution in [0.4, 0.5) is 0 Å². The second-order valence-electron chi connectivity index (χ2n) is 7.46. The quantitative estimate of drug-likeness (QED) is 0.579. The monoisotopic (exact) mass is 435 g/mol. The number of ether oxygens (including phenoxy) is 1. The van der Waals surface area contributed by atoms with Gasteiger partial charge in [0.05, 0.1) is 13.2 Å². The van der Waals surface area contributed by atoms with E-state index in [1.807, 2.05) is 54.6 Å². The standard InChI is InChI=1S/C25H22ClNO4/c1-31-23-9-5-3-6-18(23)16-10-12-17(13-11-16)24(28)27-21(14-15-22(27)25(29)30)19-7-2-4-8-20(19)26/h2-13,21-22H,14-15H2,1H3,(H,29,30)/t21-,22+/m0/s1. The van der Waals surface area contributed by atoms with Crippen LogP contribution in [0.15, 0.2) is 72.8 Å². The van der Waals surface area contributed by atoms with Crippen LogP contribution < -0.4 is 4.74 Å². The smallest absolute Gasteiger partial charge is 0.326 e. The summed E-state index contributed by atoms with van der Waals surface area (Å²) in [5, 5.41) is 10.3. The van der Waals surface area contributed by atoms with Gasteiger partial charge in [0.25, 0.3) is 5.91 Å². The highest BCUT2D eigenvalue weighted by Crippen LogP contribution is 2.40. The Balaban J connectivity index is 1.67. The lowest BCUT2D eigenvalue weighted by atomic mass is 10.0. The van der Waals surface area contributed by atoms with Crippen molar-refractivity contribution in [2.24, 2.45) is 0 Å². The summed E-state index contributed by atoms with van der Waals surface area (Å²) in [5.74, 6) is -0.583. The van der Waals surface area contributed by atoms with Gasteiger partial charge in [0.1, 0.15) is 11.8 Å². The molecule has 2 atom stereocenters. The molecule has 1 fully saturated rings. The Labute approximate surface area is 185 Å². The van der Waals surface area contributed by atoms with Gasteiger partial charge in [-0.1, -0.05) is 60.1 Å². The number of nitrogens with zero attached hydrogens (tertiary/aromatic N) is 1. The van der Waals surface area contributed by atoms with Crippen LogP contribution in [0.1, 0.15) is 34.8 Å². The Hall–Kier alpha value is -3.31. The largest absolute Gasteiger partial charge is 0.496 e. The number of carbonyl (C=O) groups excluding carboxylic acids is 1. The minimum absolute atomic E-state index is 0.318. The second kappa shape index (κ2) is 8.82. The van der Waals surface area contributed by atoms with Crippen molar-refractivity contribution in [1.29, 1.82) is 0 Å². The number of benzene rings is 3. The Morgan fingerprint density at radius 3 is 2.32 bits per heavy atom. The lowest BCUT2D eigenvalue weighted by Gasteiger charge is -2.29. The maximum absolute atomic E-state index is 13.4. The predicted octanol–water partition coefficient (Wildman–Crippen LogP) is 5.45. The van der Waals surface area contributed by atoms with Gasteiger partial charge in [-0.05, 0) is 48.2 Å². The third-order valence-corrected chi connectivity index (χ3v) is 6.06. The van der Waals surface area contributed by atoms with E-state index in [0.717, 1.165) is 22.4 Å². The molecule has 1 saturated heterocycles. The van der Waals surface area contributed by atoms with E-state index >= 15 is 0 Å². The summed E-state index contributed by atoms with van der Waals surface area (Å²) in [6, 6.07) is 20.8. The molecule has 0 aromatic heterocycles. The van der Waals surface area contributed by atoms with Gasteiger partial charge in [-0.2, -0.15) is 0 Å². The second-order valence-corrected chi connectivity index (χ2v) is 7.87. The number of halogens is 1. The maximum atomic E-state index is 13.4. The molecule has 1 amide bonds. The Bertz CT molecular complexity index is 1110. The van der Waals surface area contributed by atoms with Crippen LogP contribution in [0, 0.1) is 0 Å². The molecular formula is C25H22ClNO4. The minimum Gasteiger partial charge on any atom is -0.496 e. The van der Waals surface area contributed by atoms with Gasteiger partial charge in [-0.3, -0.25) is 4.79 Å². The summed E-state index contributed by atoms with van der Waals surface area (Å²) in [6.07, 6.45) is 0.933. The Morgan fingerprint density at radius 1 is 0.968 bits per heavy atom. The van der Waals surface area contributed by atoms with Crippen molar-refractivity contribution >= 4 is 23.5 Å². The topological polar surface area (TPSA) is 66.8 Å². The lowest BCUT2D eigenvalue weighted by Crippen LogP contribution is -2.41. The number of carbonyl (C=O) groups is 2. The fourth-order valence-electron chi connectivity index (χ4n) is 4.21. The molecular weight excluding hydrogens is 414 g/mol. The van der Waals surface area contributed by atoms with Gasteiger partial charge in [0.2, 0.25) is 0 Å². The van der Waals surface area contributed by atoms with Gasteiger partial charge in [-0.15, -0.1) is 0 Å². The maximum Gasteiger partial charge on any atom is 0.326 e. The molecule has 0 unspecified atom stereocenters. The molecule has 0 spiro atoms. The number of likely N-dealkylation sites (tertiary alicyclic amines) is 1. The third kappa shape index (κ3) is 4.01. The molecule has 3 aromatic rings. The van der Waals surface area contributed by atoms with Gasteiger partial charge in [-0.25, -0.2) is 4.79 Å². The third-order valence-electron chi connectivity index (χ3n) is 5.72. The number of hydrogen-bond acceptors (Lipinski definition) is 3. The Morgan fingerprint density at radius 2 is 1.65 bits per heavy atom. The number of carboxylic acid groups (broad SMARTS) is 1. The lowest BCUT2D eigenvalue weighted by molar-refractivity contribution is -0.141. The van der Waals surface area contributed by atoms with E-state index in [4.69, 9.17) is 16.3 Å². The molecule has 1 heterocycles. The SMILES string of the molecule is COc1ccccc1-c1ccc(C(=O)N2[C@@H](C(=O)O)CC[C@H]2c2ccccc2Cl)cc1. The summed E-state index contributed by atoms with van der Waals surface area (Å²) < 4.78 is 5.42. The first kappa shape index (κ1) is 20.9. The van der Waals surface area contributed by atoms with Crippen LogP contribution in [-0.2, 0) is 4.79 Å². The highest BCUT2D eigenvalue weighted by molar-refractivity contribution is 6.31. The van der Waals surface area contributed by atoms with Crippen molar-refractivity contribution in [3.05, 3.63) is 88.9 Å². The van der Waals surface area contributed by atoms with E-state index in [9.17, 15) is 14.7 Å². The van der Waals surface area contributed by atoms with Crippen LogP contribution in [0.5, 0.6) is 5.75 Å². The average molecular weight is 436 g/mol. The van der Waals surface area contributed by atoms with Crippen LogP contribution in [0.2, 0.25) is 5.02 Å². The van der Waals surface area contributed by atoms with Gasteiger partial charge in [0.15, 0.2) is 0 Å². The first-order chi connectivity index (χ1) is 15.0. The summed E-state index contributed by atoms with van der Waals surface area (Å²) in [6.45, 7) is 0.